The van der Waals surface area contributed by atoms with E-state index in [0.29, 0.717) is 12.3 Å². The molecular formula is C17H24F3N. The van der Waals surface area contributed by atoms with Gasteiger partial charge in [-0.2, -0.15) is 13.2 Å². The van der Waals surface area contributed by atoms with Crippen molar-refractivity contribution in [2.75, 3.05) is 13.1 Å². The van der Waals surface area contributed by atoms with E-state index in [2.05, 4.69) is 24.4 Å². The first-order valence-corrected chi connectivity index (χ1v) is 7.70. The fraction of sp³-hybridized carbons (Fsp3) is 0.647. The van der Waals surface area contributed by atoms with Crippen molar-refractivity contribution in [3.63, 3.8) is 0 Å². The van der Waals surface area contributed by atoms with Gasteiger partial charge in [-0.3, -0.25) is 0 Å². The molecule has 0 aliphatic carbocycles. The summed E-state index contributed by atoms with van der Waals surface area (Å²) in [6, 6.07) is 10.2. The van der Waals surface area contributed by atoms with Gasteiger partial charge in [-0.15, -0.1) is 0 Å². The summed E-state index contributed by atoms with van der Waals surface area (Å²) in [6.45, 7) is 3.98. The van der Waals surface area contributed by atoms with E-state index in [4.69, 9.17) is 0 Å². The lowest BCUT2D eigenvalue weighted by Crippen LogP contribution is -2.44. The van der Waals surface area contributed by atoms with Crippen LogP contribution in [0.3, 0.4) is 0 Å². The molecule has 1 aromatic carbocycles. The van der Waals surface area contributed by atoms with Gasteiger partial charge in [-0.05, 0) is 55.7 Å². The lowest BCUT2D eigenvalue weighted by Gasteiger charge is -2.42. The van der Waals surface area contributed by atoms with Crippen LogP contribution in [0.1, 0.15) is 38.2 Å². The van der Waals surface area contributed by atoms with E-state index < -0.39 is 12.6 Å². The summed E-state index contributed by atoms with van der Waals surface area (Å²) in [5.74, 6) is 0.405. The number of piperidine rings is 1. The van der Waals surface area contributed by atoms with Gasteiger partial charge in [-0.1, -0.05) is 37.3 Å². The van der Waals surface area contributed by atoms with Gasteiger partial charge >= 0.3 is 6.18 Å². The highest BCUT2D eigenvalue weighted by Crippen LogP contribution is 2.41. The Morgan fingerprint density at radius 3 is 2.62 bits per heavy atom. The second-order valence-corrected chi connectivity index (χ2v) is 6.46. The molecule has 1 saturated heterocycles. The van der Waals surface area contributed by atoms with Crippen molar-refractivity contribution in [3.8, 4) is 0 Å². The zero-order chi connectivity index (χ0) is 15.3. The molecule has 0 aromatic heterocycles. The van der Waals surface area contributed by atoms with E-state index in [1.807, 2.05) is 18.2 Å². The Labute approximate surface area is 124 Å². The molecule has 2 atom stereocenters. The summed E-state index contributed by atoms with van der Waals surface area (Å²) >= 11 is 0. The summed E-state index contributed by atoms with van der Waals surface area (Å²) < 4.78 is 37.1. The Kier molecular flexibility index (Phi) is 5.31. The molecule has 0 radical (unpaired) electrons. The number of benzene rings is 1. The van der Waals surface area contributed by atoms with Crippen LogP contribution in [-0.4, -0.2) is 19.3 Å². The quantitative estimate of drug-likeness (QED) is 0.839. The molecule has 1 fully saturated rings. The second-order valence-electron chi connectivity index (χ2n) is 6.46. The van der Waals surface area contributed by atoms with Crippen molar-refractivity contribution in [1.82, 2.24) is 5.32 Å². The molecule has 1 aliphatic rings. The third-order valence-electron chi connectivity index (χ3n) is 4.78. The first-order valence-electron chi connectivity index (χ1n) is 7.70. The summed E-state index contributed by atoms with van der Waals surface area (Å²) in [5.41, 5.74) is 1.28. The summed E-state index contributed by atoms with van der Waals surface area (Å²) in [5, 5.41) is 3.39. The maximum atomic E-state index is 12.4. The van der Waals surface area contributed by atoms with Gasteiger partial charge in [0.2, 0.25) is 0 Å². The molecule has 0 bridgehead atoms. The number of nitrogens with one attached hydrogen (secondary N) is 1. The Balaban J connectivity index is 1.97. The SMILES string of the molecule is CC1(CCCC(F)(F)F)CCNCC1Cc1ccccc1. The van der Waals surface area contributed by atoms with E-state index in [0.717, 1.165) is 25.9 Å². The largest absolute Gasteiger partial charge is 0.389 e. The molecule has 21 heavy (non-hydrogen) atoms. The highest BCUT2D eigenvalue weighted by atomic mass is 19.4. The van der Waals surface area contributed by atoms with Gasteiger partial charge in [0, 0.05) is 6.42 Å². The zero-order valence-electron chi connectivity index (χ0n) is 12.5. The molecule has 2 unspecified atom stereocenters. The van der Waals surface area contributed by atoms with Crippen LogP contribution in [0.2, 0.25) is 0 Å². The van der Waals surface area contributed by atoms with Crippen LogP contribution >= 0.6 is 0 Å². The summed E-state index contributed by atoms with van der Waals surface area (Å²) in [4.78, 5) is 0. The van der Waals surface area contributed by atoms with E-state index in [1.165, 1.54) is 5.56 Å². The number of hydrogen-bond acceptors (Lipinski definition) is 1. The van der Waals surface area contributed by atoms with Crippen molar-refractivity contribution in [2.24, 2.45) is 11.3 Å². The zero-order valence-corrected chi connectivity index (χ0v) is 12.5. The van der Waals surface area contributed by atoms with E-state index in [1.54, 1.807) is 0 Å². The average Bonchev–Trinajstić information content (AvgIpc) is 2.41. The molecule has 118 valence electrons. The van der Waals surface area contributed by atoms with Gasteiger partial charge < -0.3 is 5.32 Å². The van der Waals surface area contributed by atoms with Crippen LogP contribution in [-0.2, 0) is 6.42 Å². The molecule has 2 rings (SSSR count). The summed E-state index contributed by atoms with van der Waals surface area (Å²) in [6.07, 6.45) is -1.89. The summed E-state index contributed by atoms with van der Waals surface area (Å²) in [7, 11) is 0. The topological polar surface area (TPSA) is 12.0 Å². The normalized spacial score (nSPS) is 26.8. The minimum Gasteiger partial charge on any atom is -0.316 e. The van der Waals surface area contributed by atoms with Crippen molar-refractivity contribution < 1.29 is 13.2 Å². The highest BCUT2D eigenvalue weighted by molar-refractivity contribution is 5.16. The van der Waals surface area contributed by atoms with Crippen LogP contribution < -0.4 is 5.32 Å². The fourth-order valence-corrected chi connectivity index (χ4v) is 3.34. The van der Waals surface area contributed by atoms with Crippen LogP contribution in [0.15, 0.2) is 30.3 Å². The predicted octanol–water partition coefficient (Wildman–Crippen LogP) is 4.58. The average molecular weight is 299 g/mol. The standard InChI is InChI=1S/C17H24F3N/c1-16(8-5-9-17(18,19)20)10-11-21-13-15(16)12-14-6-3-2-4-7-14/h2-4,6-7,15,21H,5,8-13H2,1H3. The molecular weight excluding hydrogens is 275 g/mol. The molecule has 0 saturated carbocycles. The lowest BCUT2D eigenvalue weighted by atomic mass is 9.67. The molecule has 0 amide bonds. The number of hydrogen-bond donors (Lipinski definition) is 1. The van der Waals surface area contributed by atoms with Gasteiger partial charge in [0.05, 0.1) is 0 Å². The third kappa shape index (κ3) is 5.03. The molecule has 1 heterocycles. The lowest BCUT2D eigenvalue weighted by molar-refractivity contribution is -0.137. The third-order valence-corrected chi connectivity index (χ3v) is 4.78. The first kappa shape index (κ1) is 16.3. The maximum Gasteiger partial charge on any atom is 0.389 e. The van der Waals surface area contributed by atoms with Crippen LogP contribution in [0.25, 0.3) is 0 Å². The highest BCUT2D eigenvalue weighted by Gasteiger charge is 2.37. The maximum absolute atomic E-state index is 12.4. The molecule has 1 nitrogen and oxygen atoms in total. The first-order chi connectivity index (χ1) is 9.89. The van der Waals surface area contributed by atoms with Crippen LogP contribution in [0, 0.1) is 11.3 Å². The molecule has 1 N–H and O–H groups in total. The second kappa shape index (κ2) is 6.82. The van der Waals surface area contributed by atoms with E-state index >= 15 is 0 Å². The monoisotopic (exact) mass is 299 g/mol. The number of rotatable bonds is 5. The van der Waals surface area contributed by atoms with E-state index in [9.17, 15) is 13.2 Å². The molecule has 0 spiro atoms. The van der Waals surface area contributed by atoms with Crippen molar-refractivity contribution in [3.05, 3.63) is 35.9 Å². The fourth-order valence-electron chi connectivity index (χ4n) is 3.34. The van der Waals surface area contributed by atoms with Gasteiger partial charge in [0.25, 0.3) is 0 Å². The molecule has 4 heteroatoms. The van der Waals surface area contributed by atoms with E-state index in [-0.39, 0.29) is 11.8 Å². The minimum absolute atomic E-state index is 0.00629. The minimum atomic E-state index is -4.03. The van der Waals surface area contributed by atoms with Gasteiger partial charge in [0.1, 0.15) is 0 Å². The van der Waals surface area contributed by atoms with Crippen molar-refractivity contribution >= 4 is 0 Å². The van der Waals surface area contributed by atoms with Crippen LogP contribution in [0.4, 0.5) is 13.2 Å². The van der Waals surface area contributed by atoms with Crippen molar-refractivity contribution in [2.45, 2.75) is 45.2 Å². The molecule has 1 aliphatic heterocycles. The molecule has 1 aromatic rings. The predicted molar refractivity (Wildman–Crippen MR) is 79.1 cm³/mol. The Hall–Kier alpha value is -1.03. The van der Waals surface area contributed by atoms with Gasteiger partial charge in [-0.25, -0.2) is 0 Å². The van der Waals surface area contributed by atoms with Gasteiger partial charge in [0.15, 0.2) is 0 Å². The number of halogens is 3. The Bertz CT molecular complexity index is 429. The number of alkyl halides is 3. The smallest absolute Gasteiger partial charge is 0.316 e. The van der Waals surface area contributed by atoms with Crippen LogP contribution in [0.5, 0.6) is 0 Å². The Morgan fingerprint density at radius 2 is 1.95 bits per heavy atom. The Morgan fingerprint density at radius 1 is 1.24 bits per heavy atom. The van der Waals surface area contributed by atoms with Crippen molar-refractivity contribution in [1.29, 1.82) is 0 Å².